The highest BCUT2D eigenvalue weighted by Gasteiger charge is 2.25. The van der Waals surface area contributed by atoms with Crippen molar-refractivity contribution in [3.63, 3.8) is 0 Å². The van der Waals surface area contributed by atoms with Crippen molar-refractivity contribution < 1.29 is 42.9 Å². The number of ether oxygens (including phenoxy) is 4. The minimum atomic E-state index is -1.51. The number of quaternary nitrogens is 1. The number of unbranched alkanes of at least 4 members (excludes halogenated alkanes) is 23. The maximum absolute atomic E-state index is 12.8. The number of allylic oxidation sites excluding steroid dienone is 8. The van der Waals surface area contributed by atoms with E-state index in [0.29, 0.717) is 23.9 Å². The molecule has 0 radical (unpaired) electrons. The van der Waals surface area contributed by atoms with Gasteiger partial charge in [0.1, 0.15) is 13.2 Å². The monoisotopic (exact) mass is 875 g/mol. The average Bonchev–Trinajstić information content (AvgIpc) is 3.23. The topological polar surface area (TPSA) is 108 Å². The van der Waals surface area contributed by atoms with Crippen molar-refractivity contribution in [1.29, 1.82) is 0 Å². The second kappa shape index (κ2) is 44.8. The van der Waals surface area contributed by atoms with Gasteiger partial charge in [-0.1, -0.05) is 172 Å². The number of nitrogens with zero attached hydrogens (tertiary/aromatic N) is 1. The Morgan fingerprint density at radius 3 is 1.34 bits per heavy atom. The molecular weight excluding hydrogens is 779 g/mol. The highest BCUT2D eigenvalue weighted by atomic mass is 16.7. The Morgan fingerprint density at radius 1 is 0.484 bits per heavy atom. The predicted octanol–water partition coefficient (Wildman–Crippen LogP) is 13.9. The largest absolute Gasteiger partial charge is 0.477 e. The van der Waals surface area contributed by atoms with E-state index in [9.17, 15) is 19.5 Å². The normalized spacial score (nSPS) is 13.2. The minimum Gasteiger partial charge on any atom is -0.477 e. The standard InChI is InChI=1S/C53H95NO8/c1-6-8-10-12-14-16-18-20-21-22-23-24-25-26-27-28-29-30-31-32-34-36-38-40-42-44-51(56)62-49(48-61-53(52(57)58)59-46-45-54(3,4)5)47-60-50(55)43-41-39-37-35-33-19-17-15-13-11-9-7-2/h15,17-18,20,22-23,25-26,49,53H,6-14,16,19,21,24,27-48H2,1-5H3/p+1/b17-15-,20-18-,23-22-,26-25-. The molecule has 0 amide bonds. The van der Waals surface area contributed by atoms with Crippen molar-refractivity contribution in [1.82, 2.24) is 0 Å². The molecule has 0 aromatic heterocycles. The smallest absolute Gasteiger partial charge is 0.361 e. The molecule has 1 N–H and O–H groups in total. The van der Waals surface area contributed by atoms with Gasteiger partial charge >= 0.3 is 17.9 Å². The number of aliphatic carboxylic acids is 1. The van der Waals surface area contributed by atoms with Gasteiger partial charge in [-0.15, -0.1) is 0 Å². The van der Waals surface area contributed by atoms with Gasteiger partial charge in [0.05, 0.1) is 34.4 Å². The summed E-state index contributed by atoms with van der Waals surface area (Å²) in [5.74, 6) is -2.02. The van der Waals surface area contributed by atoms with Crippen LogP contribution in [0, 0.1) is 0 Å². The third kappa shape index (κ3) is 45.3. The lowest BCUT2D eigenvalue weighted by Crippen LogP contribution is -2.40. The van der Waals surface area contributed by atoms with Crippen molar-refractivity contribution in [3.8, 4) is 0 Å². The Balaban J connectivity index is 4.29. The summed E-state index contributed by atoms with van der Waals surface area (Å²) in [5, 5.41) is 9.65. The van der Waals surface area contributed by atoms with Crippen molar-refractivity contribution in [2.24, 2.45) is 0 Å². The molecule has 2 unspecified atom stereocenters. The number of hydrogen-bond acceptors (Lipinski definition) is 7. The predicted molar refractivity (Wildman–Crippen MR) is 258 cm³/mol. The van der Waals surface area contributed by atoms with Gasteiger partial charge in [-0.05, 0) is 77.0 Å². The van der Waals surface area contributed by atoms with Crippen LogP contribution < -0.4 is 0 Å². The lowest BCUT2D eigenvalue weighted by atomic mass is 10.0. The number of esters is 2. The molecule has 0 saturated heterocycles. The van der Waals surface area contributed by atoms with Crippen molar-refractivity contribution in [3.05, 3.63) is 48.6 Å². The molecule has 9 heteroatoms. The molecule has 0 saturated carbocycles. The summed E-state index contributed by atoms with van der Waals surface area (Å²) in [6.45, 7) is 4.82. The van der Waals surface area contributed by atoms with E-state index in [1.54, 1.807) is 0 Å². The maximum atomic E-state index is 12.8. The lowest BCUT2D eigenvalue weighted by Gasteiger charge is -2.25. The Morgan fingerprint density at radius 2 is 0.871 bits per heavy atom. The van der Waals surface area contributed by atoms with E-state index in [1.165, 1.54) is 109 Å². The molecule has 0 aliphatic carbocycles. The van der Waals surface area contributed by atoms with Crippen LogP contribution in [-0.4, -0.2) is 87.4 Å². The zero-order chi connectivity index (χ0) is 45.6. The van der Waals surface area contributed by atoms with Crippen LogP contribution in [0.4, 0.5) is 0 Å². The first-order valence-electron chi connectivity index (χ1n) is 25.3. The number of rotatable bonds is 46. The fraction of sp³-hybridized carbons (Fsp3) is 0.792. The minimum absolute atomic E-state index is 0.185. The molecule has 0 rings (SSSR count). The van der Waals surface area contributed by atoms with Gasteiger partial charge < -0.3 is 28.5 Å². The molecule has 2 atom stereocenters. The Kier molecular flexibility index (Phi) is 42.9. The number of carbonyl (C=O) groups excluding carboxylic acids is 2. The Hall–Kier alpha value is -2.75. The highest BCUT2D eigenvalue weighted by molar-refractivity contribution is 5.71. The molecule has 0 bridgehead atoms. The van der Waals surface area contributed by atoms with Crippen molar-refractivity contribution in [2.45, 2.75) is 225 Å². The molecule has 0 aromatic carbocycles. The molecule has 0 spiro atoms. The third-order valence-electron chi connectivity index (χ3n) is 10.8. The first-order valence-corrected chi connectivity index (χ1v) is 25.3. The molecule has 0 heterocycles. The van der Waals surface area contributed by atoms with E-state index in [-0.39, 0.29) is 32.2 Å². The van der Waals surface area contributed by atoms with Crippen LogP contribution in [0.1, 0.15) is 213 Å². The van der Waals surface area contributed by atoms with Gasteiger partial charge in [-0.2, -0.15) is 0 Å². The number of carboxylic acids is 1. The second-order valence-electron chi connectivity index (χ2n) is 18.1. The van der Waals surface area contributed by atoms with E-state index in [4.69, 9.17) is 18.9 Å². The van der Waals surface area contributed by atoms with E-state index in [2.05, 4.69) is 62.5 Å². The third-order valence-corrected chi connectivity index (χ3v) is 10.8. The van der Waals surface area contributed by atoms with Gasteiger partial charge in [-0.3, -0.25) is 9.59 Å². The summed E-state index contributed by atoms with van der Waals surface area (Å²) in [4.78, 5) is 37.2. The maximum Gasteiger partial charge on any atom is 0.361 e. The Bertz CT molecular complexity index is 1160. The summed E-state index contributed by atoms with van der Waals surface area (Å²) in [6, 6.07) is 0. The first-order chi connectivity index (χ1) is 30.1. The zero-order valence-electron chi connectivity index (χ0n) is 40.8. The molecule has 0 fully saturated rings. The first kappa shape index (κ1) is 59.2. The van der Waals surface area contributed by atoms with Gasteiger partial charge in [0.25, 0.3) is 6.29 Å². The second-order valence-corrected chi connectivity index (χ2v) is 18.1. The summed E-state index contributed by atoms with van der Waals surface area (Å²) in [6.07, 6.45) is 50.3. The summed E-state index contributed by atoms with van der Waals surface area (Å²) < 4.78 is 22.8. The van der Waals surface area contributed by atoms with Crippen LogP contribution in [0.5, 0.6) is 0 Å². The SMILES string of the molecule is CCCCC/C=C\CCCCCCCC(=O)OCC(COC(OCC[N+](C)(C)C)C(=O)O)OC(=O)CCCCCCCCCCCC/C=C\C/C=C\C/C=C\CCCCCCC. The lowest BCUT2D eigenvalue weighted by molar-refractivity contribution is -0.870. The highest BCUT2D eigenvalue weighted by Crippen LogP contribution is 2.14. The van der Waals surface area contributed by atoms with Crippen molar-refractivity contribution >= 4 is 17.9 Å². The van der Waals surface area contributed by atoms with E-state index in [0.717, 1.165) is 70.6 Å². The van der Waals surface area contributed by atoms with Gasteiger partial charge in [0, 0.05) is 12.8 Å². The number of carbonyl (C=O) groups is 3. The van der Waals surface area contributed by atoms with Crippen LogP contribution >= 0.6 is 0 Å². The van der Waals surface area contributed by atoms with Gasteiger partial charge in [-0.25, -0.2) is 4.79 Å². The molecule has 0 aromatic rings. The molecule has 0 aliphatic rings. The number of hydrogen-bond donors (Lipinski definition) is 1. The number of carboxylic acid groups (broad SMARTS) is 1. The zero-order valence-corrected chi connectivity index (χ0v) is 40.8. The van der Waals surface area contributed by atoms with E-state index in [1.807, 2.05) is 21.1 Å². The Labute approximate surface area is 381 Å². The molecule has 9 nitrogen and oxygen atoms in total. The summed E-state index contributed by atoms with van der Waals surface area (Å²) in [7, 11) is 5.95. The van der Waals surface area contributed by atoms with Gasteiger partial charge in [0.15, 0.2) is 6.10 Å². The molecule has 0 aliphatic heterocycles. The average molecular weight is 875 g/mol. The molecule has 62 heavy (non-hydrogen) atoms. The fourth-order valence-electron chi connectivity index (χ4n) is 6.84. The summed E-state index contributed by atoms with van der Waals surface area (Å²) in [5.41, 5.74) is 0. The van der Waals surface area contributed by atoms with Crippen molar-refractivity contribution in [2.75, 3.05) is 47.5 Å². The van der Waals surface area contributed by atoms with Crippen LogP contribution in [-0.2, 0) is 33.3 Å². The molecule has 360 valence electrons. The van der Waals surface area contributed by atoms with Crippen LogP contribution in [0.3, 0.4) is 0 Å². The van der Waals surface area contributed by atoms with E-state index >= 15 is 0 Å². The van der Waals surface area contributed by atoms with E-state index < -0.39 is 24.3 Å². The van der Waals surface area contributed by atoms with Crippen LogP contribution in [0.25, 0.3) is 0 Å². The van der Waals surface area contributed by atoms with Crippen LogP contribution in [0.15, 0.2) is 48.6 Å². The quantitative estimate of drug-likeness (QED) is 0.0212. The number of likely N-dealkylation sites (N-methyl/N-ethyl adjacent to an activating group) is 1. The van der Waals surface area contributed by atoms with Gasteiger partial charge in [0.2, 0.25) is 0 Å². The molecular formula is C53H96NO8+. The van der Waals surface area contributed by atoms with Crippen LogP contribution in [0.2, 0.25) is 0 Å². The fourth-order valence-corrected chi connectivity index (χ4v) is 6.84. The summed E-state index contributed by atoms with van der Waals surface area (Å²) >= 11 is 0.